The summed E-state index contributed by atoms with van der Waals surface area (Å²) in [6.45, 7) is 8.28. The number of hydrogen-bond donors (Lipinski definition) is 1. The van der Waals surface area contributed by atoms with E-state index in [-0.39, 0.29) is 0 Å². The summed E-state index contributed by atoms with van der Waals surface area (Å²) in [4.78, 5) is 4.98. The maximum absolute atomic E-state index is 3.48. The van der Waals surface area contributed by atoms with Crippen LogP contribution in [0.15, 0.2) is 0 Å². The number of unbranched alkanes of at least 4 members (excludes halogenated alkanes) is 2. The number of nitrogens with one attached hydrogen (secondary N) is 1. The average Bonchev–Trinajstić information content (AvgIpc) is 2.28. The van der Waals surface area contributed by atoms with Gasteiger partial charge in [-0.15, -0.1) is 0 Å². The highest BCUT2D eigenvalue weighted by Gasteiger charge is 2.18. The fourth-order valence-electron chi connectivity index (χ4n) is 2.30. The molecule has 0 aliphatic carbocycles. The lowest BCUT2D eigenvalue weighted by Crippen LogP contribution is -2.50. The fraction of sp³-hybridized carbons (Fsp3) is 1.00. The van der Waals surface area contributed by atoms with Gasteiger partial charge in [0.25, 0.3) is 0 Å². The van der Waals surface area contributed by atoms with Crippen LogP contribution in [-0.4, -0.2) is 62.7 Å². The highest BCUT2D eigenvalue weighted by atomic mass is 15.2. The Morgan fingerprint density at radius 1 is 1.31 bits per heavy atom. The second-order valence-corrected chi connectivity index (χ2v) is 5.14. The van der Waals surface area contributed by atoms with Crippen LogP contribution in [0.5, 0.6) is 0 Å². The topological polar surface area (TPSA) is 18.5 Å². The molecular formula is C13H29N3. The minimum atomic E-state index is 0.738. The summed E-state index contributed by atoms with van der Waals surface area (Å²) in [6.07, 6.45) is 5.34. The lowest BCUT2D eigenvalue weighted by molar-refractivity contribution is 0.172. The van der Waals surface area contributed by atoms with Crippen molar-refractivity contribution in [3.63, 3.8) is 0 Å². The molecule has 0 bridgehead atoms. The third kappa shape index (κ3) is 5.28. The normalized spacial score (nSPS) is 22.9. The molecule has 1 heterocycles. The van der Waals surface area contributed by atoms with Crippen LogP contribution in [0.2, 0.25) is 0 Å². The van der Waals surface area contributed by atoms with Gasteiger partial charge in [0.05, 0.1) is 0 Å². The first-order valence-corrected chi connectivity index (χ1v) is 6.83. The van der Waals surface area contributed by atoms with E-state index in [4.69, 9.17) is 0 Å². The van der Waals surface area contributed by atoms with Crippen LogP contribution in [0, 0.1) is 0 Å². The predicted molar refractivity (Wildman–Crippen MR) is 70.9 cm³/mol. The standard InChI is InChI=1S/C13H29N3/c1-4-5-6-9-15(2)10-7-13-12-14-8-11-16(13)3/h13-14H,4-12H2,1-3H3. The van der Waals surface area contributed by atoms with Gasteiger partial charge in [0.1, 0.15) is 0 Å². The second-order valence-electron chi connectivity index (χ2n) is 5.14. The third-order valence-electron chi connectivity index (χ3n) is 3.63. The van der Waals surface area contributed by atoms with Crippen molar-refractivity contribution in [2.45, 2.75) is 38.6 Å². The highest BCUT2D eigenvalue weighted by Crippen LogP contribution is 2.06. The first-order valence-electron chi connectivity index (χ1n) is 6.83. The van der Waals surface area contributed by atoms with Gasteiger partial charge in [-0.3, -0.25) is 0 Å². The van der Waals surface area contributed by atoms with Crippen LogP contribution in [-0.2, 0) is 0 Å². The smallest absolute Gasteiger partial charge is 0.0230 e. The molecule has 1 rings (SSSR count). The number of hydrogen-bond acceptors (Lipinski definition) is 3. The molecular weight excluding hydrogens is 198 g/mol. The predicted octanol–water partition coefficient (Wildman–Crippen LogP) is 1.40. The van der Waals surface area contributed by atoms with Gasteiger partial charge in [0.2, 0.25) is 0 Å². The second kappa shape index (κ2) is 8.04. The van der Waals surface area contributed by atoms with Crippen LogP contribution in [0.1, 0.15) is 32.6 Å². The van der Waals surface area contributed by atoms with Crippen molar-refractivity contribution in [2.24, 2.45) is 0 Å². The molecule has 0 amide bonds. The molecule has 1 saturated heterocycles. The van der Waals surface area contributed by atoms with Gasteiger partial charge in [-0.1, -0.05) is 19.8 Å². The number of rotatable bonds is 7. The van der Waals surface area contributed by atoms with Gasteiger partial charge >= 0.3 is 0 Å². The molecule has 3 heteroatoms. The van der Waals surface area contributed by atoms with E-state index in [2.05, 4.69) is 36.1 Å². The molecule has 0 aromatic rings. The van der Waals surface area contributed by atoms with Gasteiger partial charge in [0.15, 0.2) is 0 Å². The summed E-state index contributed by atoms with van der Waals surface area (Å²) >= 11 is 0. The van der Waals surface area contributed by atoms with Crippen LogP contribution in [0.25, 0.3) is 0 Å². The van der Waals surface area contributed by atoms with E-state index in [1.807, 2.05) is 0 Å². The maximum Gasteiger partial charge on any atom is 0.0230 e. The molecule has 0 spiro atoms. The van der Waals surface area contributed by atoms with Crippen molar-refractivity contribution in [3.8, 4) is 0 Å². The lowest BCUT2D eigenvalue weighted by Gasteiger charge is -2.34. The Hall–Kier alpha value is -0.120. The first kappa shape index (κ1) is 13.9. The van der Waals surface area contributed by atoms with E-state index in [9.17, 15) is 0 Å². The number of nitrogens with zero attached hydrogens (tertiary/aromatic N) is 2. The summed E-state index contributed by atoms with van der Waals surface area (Å²) in [7, 11) is 4.51. The molecule has 1 aliphatic rings. The lowest BCUT2D eigenvalue weighted by atomic mass is 10.1. The van der Waals surface area contributed by atoms with E-state index in [0.29, 0.717) is 0 Å². The Kier molecular flexibility index (Phi) is 7.01. The molecule has 0 aromatic carbocycles. The van der Waals surface area contributed by atoms with Crippen LogP contribution >= 0.6 is 0 Å². The summed E-state index contributed by atoms with van der Waals surface area (Å²) < 4.78 is 0. The zero-order chi connectivity index (χ0) is 11.8. The van der Waals surface area contributed by atoms with Crippen LogP contribution in [0.4, 0.5) is 0 Å². The van der Waals surface area contributed by atoms with E-state index in [1.165, 1.54) is 51.9 Å². The van der Waals surface area contributed by atoms with Crippen molar-refractivity contribution < 1.29 is 0 Å². The molecule has 1 N–H and O–H groups in total. The third-order valence-corrected chi connectivity index (χ3v) is 3.63. The average molecular weight is 227 g/mol. The van der Waals surface area contributed by atoms with Crippen molar-refractivity contribution in [3.05, 3.63) is 0 Å². The summed E-state index contributed by atoms with van der Waals surface area (Å²) in [5, 5.41) is 3.48. The molecule has 96 valence electrons. The largest absolute Gasteiger partial charge is 0.314 e. The Morgan fingerprint density at radius 2 is 2.12 bits per heavy atom. The summed E-state index contributed by atoms with van der Waals surface area (Å²) in [6, 6.07) is 0.738. The Morgan fingerprint density at radius 3 is 2.81 bits per heavy atom. The maximum atomic E-state index is 3.48. The minimum Gasteiger partial charge on any atom is -0.314 e. The molecule has 1 atom stereocenters. The minimum absolute atomic E-state index is 0.738. The zero-order valence-electron chi connectivity index (χ0n) is 11.3. The molecule has 16 heavy (non-hydrogen) atoms. The van der Waals surface area contributed by atoms with E-state index in [1.54, 1.807) is 0 Å². The van der Waals surface area contributed by atoms with Crippen molar-refractivity contribution in [1.82, 2.24) is 15.1 Å². The molecule has 0 aromatic heterocycles. The SMILES string of the molecule is CCCCCN(C)CCC1CNCCN1C. The Bertz CT molecular complexity index is 173. The fourth-order valence-corrected chi connectivity index (χ4v) is 2.30. The zero-order valence-corrected chi connectivity index (χ0v) is 11.3. The van der Waals surface area contributed by atoms with Gasteiger partial charge in [0, 0.05) is 25.7 Å². The molecule has 1 fully saturated rings. The van der Waals surface area contributed by atoms with Crippen molar-refractivity contribution in [1.29, 1.82) is 0 Å². The van der Waals surface area contributed by atoms with Gasteiger partial charge in [-0.25, -0.2) is 0 Å². The highest BCUT2D eigenvalue weighted by molar-refractivity contribution is 4.77. The quantitative estimate of drug-likeness (QED) is 0.663. The van der Waals surface area contributed by atoms with E-state index >= 15 is 0 Å². The van der Waals surface area contributed by atoms with Crippen molar-refractivity contribution >= 4 is 0 Å². The van der Waals surface area contributed by atoms with Gasteiger partial charge < -0.3 is 15.1 Å². The van der Waals surface area contributed by atoms with E-state index < -0.39 is 0 Å². The van der Waals surface area contributed by atoms with Gasteiger partial charge in [-0.05, 0) is 40.0 Å². The number of piperazine rings is 1. The molecule has 1 aliphatic heterocycles. The molecule has 3 nitrogen and oxygen atoms in total. The van der Waals surface area contributed by atoms with Crippen LogP contribution in [0.3, 0.4) is 0 Å². The summed E-state index contributed by atoms with van der Waals surface area (Å²) in [5.41, 5.74) is 0. The number of likely N-dealkylation sites (N-methyl/N-ethyl adjacent to an activating group) is 1. The Balaban J connectivity index is 2.07. The van der Waals surface area contributed by atoms with Crippen LogP contribution < -0.4 is 5.32 Å². The monoisotopic (exact) mass is 227 g/mol. The Labute approximate surface area is 101 Å². The van der Waals surface area contributed by atoms with Gasteiger partial charge in [-0.2, -0.15) is 0 Å². The molecule has 0 saturated carbocycles. The first-order chi connectivity index (χ1) is 7.74. The summed E-state index contributed by atoms with van der Waals surface area (Å²) in [5.74, 6) is 0. The van der Waals surface area contributed by atoms with E-state index in [0.717, 1.165) is 12.6 Å². The molecule has 0 radical (unpaired) electrons. The van der Waals surface area contributed by atoms with Crippen molar-refractivity contribution in [2.75, 3.05) is 46.8 Å². The molecule has 1 unspecified atom stereocenters.